The largest absolute Gasteiger partial charge is 0.383 e. The number of hydrogen-bond acceptors (Lipinski definition) is 7. The number of fused-ring (bicyclic) bond motifs is 2. The number of aromatic nitrogens is 4. The van der Waals surface area contributed by atoms with E-state index in [9.17, 15) is 4.79 Å². The van der Waals surface area contributed by atoms with E-state index >= 15 is 0 Å². The molecule has 8 nitrogen and oxygen atoms in total. The molecule has 0 atom stereocenters. The van der Waals surface area contributed by atoms with E-state index in [1.165, 1.54) is 4.52 Å². The average Bonchev–Trinajstić information content (AvgIpc) is 3.25. The molecule has 4 aromatic rings. The topological polar surface area (TPSA) is 98.6 Å². The Hall–Kier alpha value is -3.52. The van der Waals surface area contributed by atoms with Crippen molar-refractivity contribution in [2.24, 2.45) is 0 Å². The van der Waals surface area contributed by atoms with Crippen LogP contribution in [0, 0.1) is 0 Å². The van der Waals surface area contributed by atoms with Crippen molar-refractivity contribution >= 4 is 34.5 Å². The highest BCUT2D eigenvalue weighted by atomic mass is 16.5. The molecular formula is C22H24N6O2. The van der Waals surface area contributed by atoms with Crippen LogP contribution in [0.5, 0.6) is 0 Å². The van der Waals surface area contributed by atoms with Crippen molar-refractivity contribution < 1.29 is 9.53 Å². The third kappa shape index (κ3) is 3.35. The van der Waals surface area contributed by atoms with Crippen molar-refractivity contribution in [3.63, 3.8) is 0 Å². The minimum Gasteiger partial charge on any atom is -0.383 e. The molecule has 8 heteroatoms. The number of nitrogens with zero attached hydrogens (tertiary/aromatic N) is 5. The molecule has 0 radical (unpaired) electrons. The highest BCUT2D eigenvalue weighted by molar-refractivity contribution is 5.93. The Morgan fingerprint density at radius 3 is 2.67 bits per heavy atom. The molecule has 3 aromatic heterocycles. The minimum atomic E-state index is 0.279. The second-order valence-corrected chi connectivity index (χ2v) is 6.66. The molecule has 0 aliphatic carbocycles. The molecule has 2 N–H and O–H groups in total. The summed E-state index contributed by atoms with van der Waals surface area (Å²) >= 11 is 0. The maximum absolute atomic E-state index is 11.7. The van der Waals surface area contributed by atoms with Crippen molar-refractivity contribution in [2.75, 3.05) is 36.9 Å². The van der Waals surface area contributed by atoms with Gasteiger partial charge in [0.2, 0.25) is 0 Å². The van der Waals surface area contributed by atoms with E-state index in [2.05, 4.69) is 16.1 Å². The van der Waals surface area contributed by atoms with Crippen molar-refractivity contribution in [1.82, 2.24) is 19.6 Å². The summed E-state index contributed by atoms with van der Waals surface area (Å²) in [6, 6.07) is 9.98. The number of ether oxygens (including phenoxy) is 1. The van der Waals surface area contributed by atoms with E-state index in [-0.39, 0.29) is 5.82 Å². The second kappa shape index (κ2) is 8.46. The van der Waals surface area contributed by atoms with Gasteiger partial charge >= 0.3 is 0 Å². The smallest absolute Gasteiger partial charge is 0.167 e. The summed E-state index contributed by atoms with van der Waals surface area (Å²) in [6.07, 6.45) is 4.26. The molecule has 0 amide bonds. The first-order valence-electron chi connectivity index (χ1n) is 10.1. The lowest BCUT2D eigenvalue weighted by atomic mass is 10.1. The van der Waals surface area contributed by atoms with Gasteiger partial charge in [0.15, 0.2) is 11.9 Å². The first kappa shape index (κ1) is 19.8. The number of aldehydes is 1. The molecule has 0 unspecified atom stereocenters. The molecule has 1 aromatic carbocycles. The lowest BCUT2D eigenvalue weighted by Gasteiger charge is -2.29. The Labute approximate surface area is 174 Å². The summed E-state index contributed by atoms with van der Waals surface area (Å²) in [5.74, 6) is 0.847. The average molecular weight is 404 g/mol. The van der Waals surface area contributed by atoms with Gasteiger partial charge < -0.3 is 15.4 Å². The first-order chi connectivity index (χ1) is 14.8. The van der Waals surface area contributed by atoms with E-state index < -0.39 is 0 Å². The fourth-order valence-electron chi connectivity index (χ4n) is 3.57. The van der Waals surface area contributed by atoms with Gasteiger partial charge in [0.25, 0.3) is 0 Å². The summed E-state index contributed by atoms with van der Waals surface area (Å²) in [6.45, 7) is 6.49. The van der Waals surface area contributed by atoms with Gasteiger partial charge in [0.1, 0.15) is 11.6 Å². The van der Waals surface area contributed by atoms with E-state index in [1.807, 2.05) is 43.0 Å². The standard InChI is InChI=1S/C20H18N6O2.C2H6/c21-18-16(12-27)19(25-5-7-28-8-6-25)24-20-15(11-23-26(18)20)14-9-13-3-1-2-4-17(13)22-10-14;1-2/h1-4,9-12H,5-8,21H2;1-2H3. The molecule has 0 spiro atoms. The Morgan fingerprint density at radius 2 is 1.90 bits per heavy atom. The Bertz CT molecular complexity index is 1200. The molecular weight excluding hydrogens is 380 g/mol. The monoisotopic (exact) mass is 404 g/mol. The van der Waals surface area contributed by atoms with E-state index in [0.29, 0.717) is 43.3 Å². The van der Waals surface area contributed by atoms with Crippen LogP contribution < -0.4 is 10.6 Å². The van der Waals surface area contributed by atoms with Crippen LogP contribution in [0.25, 0.3) is 27.7 Å². The molecule has 30 heavy (non-hydrogen) atoms. The number of benzene rings is 1. The molecule has 1 saturated heterocycles. The van der Waals surface area contributed by atoms with Crippen molar-refractivity contribution in [3.8, 4) is 11.1 Å². The lowest BCUT2D eigenvalue weighted by Crippen LogP contribution is -2.37. The van der Waals surface area contributed by atoms with Gasteiger partial charge in [-0.3, -0.25) is 9.78 Å². The Morgan fingerprint density at radius 1 is 1.13 bits per heavy atom. The molecule has 0 saturated carbocycles. The number of nitrogens with two attached hydrogens (primary N) is 1. The normalized spacial score (nSPS) is 13.9. The van der Waals surface area contributed by atoms with Gasteiger partial charge in [-0.05, 0) is 12.1 Å². The van der Waals surface area contributed by atoms with Gasteiger partial charge in [-0.2, -0.15) is 9.61 Å². The highest BCUT2D eigenvalue weighted by Crippen LogP contribution is 2.31. The van der Waals surface area contributed by atoms with Gasteiger partial charge in [-0.25, -0.2) is 4.98 Å². The van der Waals surface area contributed by atoms with Gasteiger partial charge in [0.05, 0.1) is 30.5 Å². The number of para-hydroxylation sites is 1. The second-order valence-electron chi connectivity index (χ2n) is 6.66. The molecule has 1 aliphatic rings. The fraction of sp³-hybridized carbons (Fsp3) is 0.273. The number of pyridine rings is 1. The maximum atomic E-state index is 11.7. The number of rotatable bonds is 3. The quantitative estimate of drug-likeness (QED) is 0.524. The molecule has 1 fully saturated rings. The van der Waals surface area contributed by atoms with Crippen molar-refractivity contribution in [3.05, 3.63) is 48.3 Å². The van der Waals surface area contributed by atoms with Crippen LogP contribution in [0.15, 0.2) is 42.7 Å². The van der Waals surface area contributed by atoms with Gasteiger partial charge in [-0.15, -0.1) is 0 Å². The summed E-state index contributed by atoms with van der Waals surface area (Å²) in [5.41, 5.74) is 9.86. The predicted molar refractivity (Wildman–Crippen MR) is 118 cm³/mol. The van der Waals surface area contributed by atoms with Crippen molar-refractivity contribution in [1.29, 1.82) is 0 Å². The third-order valence-corrected chi connectivity index (χ3v) is 5.03. The van der Waals surface area contributed by atoms with E-state index in [1.54, 1.807) is 12.4 Å². The summed E-state index contributed by atoms with van der Waals surface area (Å²) in [7, 11) is 0. The number of carbonyl (C=O) groups is 1. The number of nitrogen functional groups attached to an aromatic ring is 1. The number of morpholine rings is 1. The van der Waals surface area contributed by atoms with Crippen molar-refractivity contribution in [2.45, 2.75) is 13.8 Å². The number of hydrogen-bond donors (Lipinski definition) is 1. The third-order valence-electron chi connectivity index (χ3n) is 5.03. The zero-order valence-electron chi connectivity index (χ0n) is 17.1. The first-order valence-corrected chi connectivity index (χ1v) is 10.1. The van der Waals surface area contributed by atoms with Crippen LogP contribution in [0.1, 0.15) is 24.2 Å². The number of carbonyl (C=O) groups excluding carboxylic acids is 1. The van der Waals surface area contributed by atoms with Gasteiger partial charge in [0, 0.05) is 35.8 Å². The molecule has 5 rings (SSSR count). The number of anilines is 2. The van der Waals surface area contributed by atoms with Crippen LogP contribution in [0.2, 0.25) is 0 Å². The van der Waals surface area contributed by atoms with Crippen LogP contribution in [-0.2, 0) is 4.74 Å². The van der Waals surface area contributed by atoms with Crippen LogP contribution in [0.4, 0.5) is 11.6 Å². The fourth-order valence-corrected chi connectivity index (χ4v) is 3.57. The lowest BCUT2D eigenvalue weighted by molar-refractivity contribution is 0.111. The zero-order valence-corrected chi connectivity index (χ0v) is 17.1. The highest BCUT2D eigenvalue weighted by Gasteiger charge is 2.22. The van der Waals surface area contributed by atoms with Gasteiger partial charge in [-0.1, -0.05) is 32.0 Å². The SMILES string of the molecule is CC.Nc1c(C=O)c(N2CCOCC2)nc2c(-c3cnc4ccccc4c3)cnn12. The molecule has 154 valence electrons. The summed E-state index contributed by atoms with van der Waals surface area (Å²) in [5, 5.41) is 5.40. The Kier molecular flexibility index (Phi) is 5.58. The van der Waals surface area contributed by atoms with E-state index in [4.69, 9.17) is 15.5 Å². The Balaban J connectivity index is 0.00000106. The molecule has 4 heterocycles. The molecule has 1 aliphatic heterocycles. The predicted octanol–water partition coefficient (Wildman–Crippen LogP) is 3.20. The minimum absolute atomic E-state index is 0.279. The van der Waals surface area contributed by atoms with Crippen LogP contribution in [-0.4, -0.2) is 52.2 Å². The maximum Gasteiger partial charge on any atom is 0.167 e. The van der Waals surface area contributed by atoms with Crippen LogP contribution in [0.3, 0.4) is 0 Å². The summed E-state index contributed by atoms with van der Waals surface area (Å²) < 4.78 is 6.93. The zero-order chi connectivity index (χ0) is 21.1. The summed E-state index contributed by atoms with van der Waals surface area (Å²) in [4.78, 5) is 23.1. The molecule has 0 bridgehead atoms. The van der Waals surface area contributed by atoms with E-state index in [0.717, 1.165) is 28.3 Å². The van der Waals surface area contributed by atoms with Crippen LogP contribution >= 0.6 is 0 Å².